The first-order valence-corrected chi connectivity index (χ1v) is 7.27. The van der Waals surface area contributed by atoms with Crippen LogP contribution in [0, 0.1) is 6.92 Å². The number of nitrogens with zero attached hydrogens (tertiary/aromatic N) is 3. The number of anilines is 1. The minimum Gasteiger partial charge on any atom is -0.369 e. The molecule has 0 amide bonds. The highest BCUT2D eigenvalue weighted by Gasteiger charge is 2.06. The standard InChI is InChI=1S/C16H16N6/c1-10-8-11-15(18-9-19-16(11)20-10)17-7-6-14-21-12-4-2-3-5-13(12)22-14/h2-5,8-9H,6-7H2,1H3,(H,21,22)(H2,17,18,19,20). The number of rotatable bonds is 4. The van der Waals surface area contributed by atoms with Crippen LogP contribution in [-0.4, -0.2) is 31.5 Å². The third-order valence-corrected chi connectivity index (χ3v) is 3.65. The molecule has 3 N–H and O–H groups in total. The van der Waals surface area contributed by atoms with E-state index in [-0.39, 0.29) is 0 Å². The molecule has 3 aromatic heterocycles. The molecule has 0 fully saturated rings. The zero-order chi connectivity index (χ0) is 14.9. The quantitative estimate of drug-likeness (QED) is 0.540. The van der Waals surface area contributed by atoms with Crippen LogP contribution in [0.5, 0.6) is 0 Å². The SMILES string of the molecule is Cc1cc2c(NCCc3nc4ccccc4[nH]3)ncnc2[nH]1. The number of para-hydroxylation sites is 2. The van der Waals surface area contributed by atoms with Crippen molar-refractivity contribution in [2.24, 2.45) is 0 Å². The molecule has 6 heteroatoms. The topological polar surface area (TPSA) is 82.3 Å². The fraction of sp³-hybridized carbons (Fsp3) is 0.188. The van der Waals surface area contributed by atoms with Crippen molar-refractivity contribution in [1.29, 1.82) is 0 Å². The average Bonchev–Trinajstić information content (AvgIpc) is 3.09. The molecule has 0 unspecified atom stereocenters. The Morgan fingerprint density at radius 3 is 2.95 bits per heavy atom. The van der Waals surface area contributed by atoms with Crippen LogP contribution in [0.4, 0.5) is 5.82 Å². The summed E-state index contributed by atoms with van der Waals surface area (Å²) in [5.41, 5.74) is 4.01. The maximum Gasteiger partial charge on any atom is 0.143 e. The first-order chi connectivity index (χ1) is 10.8. The van der Waals surface area contributed by atoms with Gasteiger partial charge < -0.3 is 15.3 Å². The summed E-state index contributed by atoms with van der Waals surface area (Å²) in [6.45, 7) is 2.77. The number of benzene rings is 1. The molecule has 0 atom stereocenters. The van der Waals surface area contributed by atoms with Crippen LogP contribution in [0.15, 0.2) is 36.7 Å². The predicted octanol–water partition coefficient (Wildman–Crippen LogP) is 2.80. The second kappa shape index (κ2) is 5.14. The predicted molar refractivity (Wildman–Crippen MR) is 86.9 cm³/mol. The smallest absolute Gasteiger partial charge is 0.143 e. The lowest BCUT2D eigenvalue weighted by Gasteiger charge is -2.04. The van der Waals surface area contributed by atoms with Gasteiger partial charge in [-0.2, -0.15) is 0 Å². The number of fused-ring (bicyclic) bond motifs is 2. The highest BCUT2D eigenvalue weighted by atomic mass is 15.0. The van der Waals surface area contributed by atoms with Gasteiger partial charge in [0.15, 0.2) is 0 Å². The molecule has 0 radical (unpaired) electrons. The lowest BCUT2D eigenvalue weighted by atomic mass is 10.3. The first-order valence-electron chi connectivity index (χ1n) is 7.27. The van der Waals surface area contributed by atoms with E-state index in [1.807, 2.05) is 31.2 Å². The molecule has 0 aliphatic heterocycles. The molecule has 3 heterocycles. The third-order valence-electron chi connectivity index (χ3n) is 3.65. The van der Waals surface area contributed by atoms with Crippen molar-refractivity contribution < 1.29 is 0 Å². The number of aromatic nitrogens is 5. The van der Waals surface area contributed by atoms with E-state index in [0.717, 1.165) is 52.4 Å². The van der Waals surface area contributed by atoms with Gasteiger partial charge in [0.1, 0.15) is 23.6 Å². The maximum absolute atomic E-state index is 4.58. The van der Waals surface area contributed by atoms with Gasteiger partial charge >= 0.3 is 0 Å². The Labute approximate surface area is 127 Å². The van der Waals surface area contributed by atoms with Gasteiger partial charge in [-0.25, -0.2) is 15.0 Å². The number of H-pyrrole nitrogens is 2. The molecule has 4 rings (SSSR count). The van der Waals surface area contributed by atoms with Crippen LogP contribution in [0.25, 0.3) is 22.1 Å². The van der Waals surface area contributed by atoms with Crippen molar-refractivity contribution in [3.63, 3.8) is 0 Å². The number of hydrogen-bond donors (Lipinski definition) is 3. The molecule has 4 aromatic rings. The summed E-state index contributed by atoms with van der Waals surface area (Å²) >= 11 is 0. The van der Waals surface area contributed by atoms with Gasteiger partial charge in [-0.05, 0) is 25.1 Å². The van der Waals surface area contributed by atoms with E-state index in [1.54, 1.807) is 6.33 Å². The van der Waals surface area contributed by atoms with Gasteiger partial charge in [-0.15, -0.1) is 0 Å². The van der Waals surface area contributed by atoms with Crippen LogP contribution in [0.3, 0.4) is 0 Å². The minimum absolute atomic E-state index is 0.760. The van der Waals surface area contributed by atoms with Crippen molar-refractivity contribution in [2.45, 2.75) is 13.3 Å². The van der Waals surface area contributed by atoms with Gasteiger partial charge in [-0.3, -0.25) is 0 Å². The molecule has 0 saturated heterocycles. The van der Waals surface area contributed by atoms with Crippen molar-refractivity contribution in [3.05, 3.63) is 48.2 Å². The molecule has 0 saturated carbocycles. The summed E-state index contributed by atoms with van der Waals surface area (Å²) in [6, 6.07) is 10.1. The largest absolute Gasteiger partial charge is 0.369 e. The van der Waals surface area contributed by atoms with Crippen molar-refractivity contribution in [3.8, 4) is 0 Å². The third kappa shape index (κ3) is 2.28. The molecule has 0 spiro atoms. The van der Waals surface area contributed by atoms with Crippen molar-refractivity contribution in [2.75, 3.05) is 11.9 Å². The number of aryl methyl sites for hydroxylation is 1. The molecule has 6 nitrogen and oxygen atoms in total. The Morgan fingerprint density at radius 2 is 2.05 bits per heavy atom. The molecule has 1 aromatic carbocycles. The van der Waals surface area contributed by atoms with Gasteiger partial charge in [0.2, 0.25) is 0 Å². The van der Waals surface area contributed by atoms with E-state index in [2.05, 4.69) is 36.3 Å². The summed E-state index contributed by atoms with van der Waals surface area (Å²) in [4.78, 5) is 19.7. The lowest BCUT2D eigenvalue weighted by Crippen LogP contribution is -2.07. The van der Waals surface area contributed by atoms with Gasteiger partial charge in [0, 0.05) is 18.7 Å². The zero-order valence-electron chi connectivity index (χ0n) is 12.2. The van der Waals surface area contributed by atoms with E-state index in [9.17, 15) is 0 Å². The Kier molecular flexibility index (Phi) is 3.00. The summed E-state index contributed by atoms with van der Waals surface area (Å²) in [7, 11) is 0. The monoisotopic (exact) mass is 292 g/mol. The molecule has 0 bridgehead atoms. The van der Waals surface area contributed by atoms with Crippen molar-refractivity contribution in [1.82, 2.24) is 24.9 Å². The summed E-state index contributed by atoms with van der Waals surface area (Å²) in [5, 5.41) is 4.38. The van der Waals surface area contributed by atoms with E-state index in [0.29, 0.717) is 0 Å². The van der Waals surface area contributed by atoms with Crippen LogP contribution in [-0.2, 0) is 6.42 Å². The summed E-state index contributed by atoms with van der Waals surface area (Å²) in [5.74, 6) is 1.83. The molecule has 110 valence electrons. The maximum atomic E-state index is 4.58. The summed E-state index contributed by atoms with van der Waals surface area (Å²) in [6.07, 6.45) is 2.38. The fourth-order valence-corrected chi connectivity index (χ4v) is 2.64. The average molecular weight is 292 g/mol. The number of nitrogens with one attached hydrogen (secondary N) is 3. The van der Waals surface area contributed by atoms with E-state index in [4.69, 9.17) is 0 Å². The Hall–Kier alpha value is -2.89. The van der Waals surface area contributed by atoms with Crippen LogP contribution >= 0.6 is 0 Å². The second-order valence-corrected chi connectivity index (χ2v) is 5.31. The summed E-state index contributed by atoms with van der Waals surface area (Å²) < 4.78 is 0. The van der Waals surface area contributed by atoms with E-state index in [1.165, 1.54) is 0 Å². The van der Waals surface area contributed by atoms with Crippen LogP contribution < -0.4 is 5.32 Å². The lowest BCUT2D eigenvalue weighted by molar-refractivity contribution is 0.929. The van der Waals surface area contributed by atoms with Gasteiger partial charge in [0.05, 0.1) is 16.4 Å². The van der Waals surface area contributed by atoms with E-state index >= 15 is 0 Å². The Bertz CT molecular complexity index is 903. The molecule has 0 aliphatic rings. The molecular weight excluding hydrogens is 276 g/mol. The molecule has 0 aliphatic carbocycles. The van der Waals surface area contributed by atoms with Crippen molar-refractivity contribution >= 4 is 27.9 Å². The molecular formula is C16H16N6. The second-order valence-electron chi connectivity index (χ2n) is 5.31. The number of hydrogen-bond acceptors (Lipinski definition) is 4. The number of imidazole rings is 1. The van der Waals surface area contributed by atoms with Gasteiger partial charge in [-0.1, -0.05) is 12.1 Å². The normalized spacial score (nSPS) is 11.3. The number of aromatic amines is 2. The van der Waals surface area contributed by atoms with Gasteiger partial charge in [0.25, 0.3) is 0 Å². The Morgan fingerprint density at radius 1 is 1.14 bits per heavy atom. The Balaban J connectivity index is 1.50. The first kappa shape index (κ1) is 12.8. The van der Waals surface area contributed by atoms with Crippen LogP contribution in [0.2, 0.25) is 0 Å². The minimum atomic E-state index is 0.760. The van der Waals surface area contributed by atoms with Crippen LogP contribution in [0.1, 0.15) is 11.5 Å². The van der Waals surface area contributed by atoms with E-state index < -0.39 is 0 Å². The zero-order valence-corrected chi connectivity index (χ0v) is 12.2. The highest BCUT2D eigenvalue weighted by Crippen LogP contribution is 2.19. The molecule has 22 heavy (non-hydrogen) atoms. The highest BCUT2D eigenvalue weighted by molar-refractivity contribution is 5.87. The fourth-order valence-electron chi connectivity index (χ4n) is 2.64.